The molecule has 1 saturated carbocycles. The average Bonchev–Trinajstić information content (AvgIpc) is 2.30. The molecule has 0 N–H and O–H groups in total. The van der Waals surface area contributed by atoms with Crippen LogP contribution in [-0.2, 0) is 0 Å². The molecule has 1 heteroatoms. The molecule has 0 aromatic heterocycles. The van der Waals surface area contributed by atoms with Crippen LogP contribution in [-0.4, -0.2) is 23.4 Å². The van der Waals surface area contributed by atoms with E-state index in [0.29, 0.717) is 0 Å². The van der Waals surface area contributed by atoms with Crippen LogP contribution in [0.3, 0.4) is 0 Å². The third-order valence-corrected chi connectivity index (χ3v) is 3.53. The summed E-state index contributed by atoms with van der Waals surface area (Å²) in [5.74, 6) is 1.01. The van der Waals surface area contributed by atoms with Crippen molar-refractivity contribution in [3.05, 3.63) is 0 Å². The van der Waals surface area contributed by atoms with E-state index in [1.54, 1.807) is 5.71 Å². The summed E-state index contributed by atoms with van der Waals surface area (Å²) in [4.78, 5) is 0. The minimum Gasteiger partial charge on any atom is -0.237 e. The van der Waals surface area contributed by atoms with E-state index < -0.39 is 0 Å². The van der Waals surface area contributed by atoms with Crippen molar-refractivity contribution in [3.8, 4) is 0 Å². The van der Waals surface area contributed by atoms with Crippen LogP contribution in [0.5, 0.6) is 0 Å². The van der Waals surface area contributed by atoms with E-state index in [0.717, 1.165) is 12.0 Å². The summed E-state index contributed by atoms with van der Waals surface area (Å²) in [6.45, 7) is 2.29. The molecular weight excluding hydrogens is 134 g/mol. The number of hydrogen-bond acceptors (Lipinski definition) is 0. The predicted octanol–water partition coefficient (Wildman–Crippen LogP) is 2.05. The first-order valence-electron chi connectivity index (χ1n) is 4.84. The van der Waals surface area contributed by atoms with E-state index in [9.17, 15) is 0 Å². The van der Waals surface area contributed by atoms with E-state index in [2.05, 4.69) is 18.5 Å². The maximum Gasteiger partial charge on any atom is 0.155 e. The summed E-state index contributed by atoms with van der Waals surface area (Å²) in [5, 5.41) is 0. The van der Waals surface area contributed by atoms with Crippen molar-refractivity contribution in [2.24, 2.45) is 5.92 Å². The molecule has 1 aliphatic carbocycles. The second-order valence-electron chi connectivity index (χ2n) is 4.16. The Kier molecular flexibility index (Phi) is 1.74. The van der Waals surface area contributed by atoms with Gasteiger partial charge in [0.15, 0.2) is 6.04 Å². The molecule has 2 unspecified atom stereocenters. The van der Waals surface area contributed by atoms with Crippen LogP contribution in [0, 0.1) is 5.92 Å². The van der Waals surface area contributed by atoms with Gasteiger partial charge in [0, 0.05) is 25.7 Å². The Morgan fingerprint density at radius 3 is 2.73 bits per heavy atom. The van der Waals surface area contributed by atoms with Crippen LogP contribution in [0.2, 0.25) is 0 Å². The molecule has 1 fully saturated rings. The first-order valence-corrected chi connectivity index (χ1v) is 4.84. The molecule has 1 aliphatic heterocycles. The fraction of sp³-hybridized carbons (Fsp3) is 0.900. The van der Waals surface area contributed by atoms with Gasteiger partial charge in [-0.15, -0.1) is 0 Å². The predicted molar refractivity (Wildman–Crippen MR) is 47.2 cm³/mol. The highest BCUT2D eigenvalue weighted by Crippen LogP contribution is 2.32. The largest absolute Gasteiger partial charge is 0.237 e. The van der Waals surface area contributed by atoms with Crippen molar-refractivity contribution in [3.63, 3.8) is 0 Å². The molecule has 0 aromatic carbocycles. The Bertz CT molecular complexity index is 193. The van der Waals surface area contributed by atoms with Gasteiger partial charge in [0.1, 0.15) is 12.8 Å². The normalized spacial score (nSPS) is 37.6. The summed E-state index contributed by atoms with van der Waals surface area (Å²) >= 11 is 0. The van der Waals surface area contributed by atoms with Crippen molar-refractivity contribution in [1.82, 2.24) is 0 Å². The molecule has 2 aliphatic rings. The second kappa shape index (κ2) is 2.62. The van der Waals surface area contributed by atoms with Crippen LogP contribution >= 0.6 is 0 Å². The third-order valence-electron chi connectivity index (χ3n) is 3.53. The molecule has 62 valence electrons. The molecule has 0 aromatic rings. The minimum absolute atomic E-state index is 0.906. The quantitative estimate of drug-likeness (QED) is 0.467. The smallest absolute Gasteiger partial charge is 0.155 e. The fourth-order valence-corrected chi connectivity index (χ4v) is 2.74. The van der Waals surface area contributed by atoms with Gasteiger partial charge in [0.05, 0.1) is 0 Å². The summed E-state index contributed by atoms with van der Waals surface area (Å²) in [6.07, 6.45) is 7.23. The summed E-state index contributed by atoms with van der Waals surface area (Å²) in [6, 6.07) is 0.906. The maximum absolute atomic E-state index is 2.52. The van der Waals surface area contributed by atoms with Gasteiger partial charge in [-0.25, -0.2) is 4.58 Å². The molecule has 2 atom stereocenters. The first-order chi connectivity index (χ1) is 5.29. The standard InChI is InChI=1S/C10H18N/c1-8-7-9-5-3-4-6-10(9)11(8)2/h9-10H,3-7H2,1-2H3/q+1. The van der Waals surface area contributed by atoms with Crippen LogP contribution < -0.4 is 0 Å². The Hall–Kier alpha value is -0.330. The van der Waals surface area contributed by atoms with Crippen molar-refractivity contribution in [2.45, 2.75) is 45.1 Å². The third kappa shape index (κ3) is 1.11. The van der Waals surface area contributed by atoms with Gasteiger partial charge in [0.2, 0.25) is 0 Å². The Morgan fingerprint density at radius 1 is 1.27 bits per heavy atom. The highest BCUT2D eigenvalue weighted by atomic mass is 15.0. The van der Waals surface area contributed by atoms with Crippen molar-refractivity contribution in [2.75, 3.05) is 7.05 Å². The molecule has 0 spiro atoms. The number of nitrogens with zero attached hydrogens (tertiary/aromatic N) is 1. The van der Waals surface area contributed by atoms with E-state index in [1.165, 1.54) is 32.1 Å². The van der Waals surface area contributed by atoms with Gasteiger partial charge in [-0.1, -0.05) is 6.42 Å². The highest BCUT2D eigenvalue weighted by Gasteiger charge is 2.38. The Labute approximate surface area is 69.1 Å². The molecular formula is C10H18N+. The molecule has 0 amide bonds. The van der Waals surface area contributed by atoms with Gasteiger partial charge in [-0.2, -0.15) is 0 Å². The molecule has 0 bridgehead atoms. The van der Waals surface area contributed by atoms with Crippen molar-refractivity contribution in [1.29, 1.82) is 0 Å². The SMILES string of the molecule is CC1=[N+](C)C2CCCCC2C1. The zero-order valence-corrected chi connectivity index (χ0v) is 7.64. The lowest BCUT2D eigenvalue weighted by atomic mass is 9.84. The average molecular weight is 152 g/mol. The molecule has 1 heterocycles. The lowest BCUT2D eigenvalue weighted by molar-refractivity contribution is -0.539. The van der Waals surface area contributed by atoms with Gasteiger partial charge in [0.25, 0.3) is 0 Å². The maximum atomic E-state index is 2.52. The molecule has 0 saturated heterocycles. The fourth-order valence-electron chi connectivity index (χ4n) is 2.74. The van der Waals surface area contributed by atoms with Crippen molar-refractivity contribution < 1.29 is 4.58 Å². The van der Waals surface area contributed by atoms with Crippen molar-refractivity contribution >= 4 is 5.71 Å². The highest BCUT2D eigenvalue weighted by molar-refractivity contribution is 5.78. The van der Waals surface area contributed by atoms with Crippen LogP contribution in [0.25, 0.3) is 0 Å². The van der Waals surface area contributed by atoms with Gasteiger partial charge >= 0.3 is 0 Å². The van der Waals surface area contributed by atoms with Crippen LogP contribution in [0.4, 0.5) is 0 Å². The molecule has 11 heavy (non-hydrogen) atoms. The van der Waals surface area contributed by atoms with Gasteiger partial charge in [-0.3, -0.25) is 0 Å². The van der Waals surface area contributed by atoms with E-state index in [4.69, 9.17) is 0 Å². The first kappa shape index (κ1) is 7.33. The van der Waals surface area contributed by atoms with E-state index in [1.807, 2.05) is 0 Å². The Morgan fingerprint density at radius 2 is 2.00 bits per heavy atom. The zero-order chi connectivity index (χ0) is 7.84. The Balaban J connectivity index is 2.15. The van der Waals surface area contributed by atoms with Gasteiger partial charge < -0.3 is 0 Å². The summed E-state index contributed by atoms with van der Waals surface area (Å²) < 4.78 is 2.52. The lowest BCUT2D eigenvalue weighted by Gasteiger charge is -2.21. The van der Waals surface area contributed by atoms with E-state index in [-0.39, 0.29) is 0 Å². The summed E-state index contributed by atoms with van der Waals surface area (Å²) in [7, 11) is 2.27. The topological polar surface area (TPSA) is 3.01 Å². The summed E-state index contributed by atoms with van der Waals surface area (Å²) in [5.41, 5.74) is 1.61. The van der Waals surface area contributed by atoms with Gasteiger partial charge in [-0.05, 0) is 12.8 Å². The van der Waals surface area contributed by atoms with Crippen LogP contribution in [0.1, 0.15) is 39.0 Å². The monoisotopic (exact) mass is 152 g/mol. The lowest BCUT2D eigenvalue weighted by Crippen LogP contribution is -2.28. The molecule has 0 radical (unpaired) electrons. The molecule has 2 rings (SSSR count). The number of hydrogen-bond donors (Lipinski definition) is 0. The number of rotatable bonds is 0. The molecule has 1 nitrogen and oxygen atoms in total. The van der Waals surface area contributed by atoms with Crippen LogP contribution in [0.15, 0.2) is 0 Å². The second-order valence-corrected chi connectivity index (χ2v) is 4.16. The van der Waals surface area contributed by atoms with E-state index >= 15 is 0 Å². The number of fused-ring (bicyclic) bond motifs is 1. The minimum atomic E-state index is 0.906. The zero-order valence-electron chi connectivity index (χ0n) is 7.64.